The number of carboxylic acids is 1. The normalized spacial score (nSPS) is 11.1. The minimum absolute atomic E-state index is 0.00527. The van der Waals surface area contributed by atoms with Gasteiger partial charge in [0.25, 0.3) is 0 Å². The van der Waals surface area contributed by atoms with E-state index in [0.29, 0.717) is 12.3 Å². The third kappa shape index (κ3) is 5.05. The Balaban J connectivity index is 2.57. The number of aryl methyl sites for hydroxylation is 1. The van der Waals surface area contributed by atoms with Gasteiger partial charge in [0.1, 0.15) is 11.5 Å². The maximum atomic E-state index is 12.1. The number of hydrogen-bond acceptors (Lipinski definition) is 4. The molecule has 0 unspecified atom stereocenters. The summed E-state index contributed by atoms with van der Waals surface area (Å²) >= 11 is 0. The molecule has 0 spiro atoms. The summed E-state index contributed by atoms with van der Waals surface area (Å²) < 4.78 is 5.42. The lowest BCUT2D eigenvalue weighted by Gasteiger charge is -2.26. The van der Waals surface area contributed by atoms with Crippen LogP contribution in [0.1, 0.15) is 25.4 Å². The molecule has 1 N–H and O–H groups in total. The van der Waals surface area contributed by atoms with Gasteiger partial charge in [-0.25, -0.2) is 0 Å². The van der Waals surface area contributed by atoms with Crippen molar-refractivity contribution in [2.75, 3.05) is 20.1 Å². The minimum Gasteiger partial charge on any atom is -0.480 e. The van der Waals surface area contributed by atoms with E-state index in [1.165, 1.54) is 4.90 Å². The van der Waals surface area contributed by atoms with Crippen LogP contribution in [0, 0.1) is 6.92 Å². The molecule has 0 aliphatic carbocycles. The standard InChI is InChI=1S/C14H22N2O4/c1-10(2)16(9-14(18)19)8-13(17)15(4)7-12-6-5-11(3)20-12/h5-6,10H,7-9H2,1-4H3,(H,18,19). The van der Waals surface area contributed by atoms with Gasteiger partial charge in [-0.15, -0.1) is 0 Å². The van der Waals surface area contributed by atoms with Crippen molar-refractivity contribution in [2.45, 2.75) is 33.4 Å². The predicted octanol–water partition coefficient (Wildman–Crippen LogP) is 1.34. The second-order valence-electron chi connectivity index (χ2n) is 5.15. The highest BCUT2D eigenvalue weighted by atomic mass is 16.4. The van der Waals surface area contributed by atoms with E-state index in [1.807, 2.05) is 32.9 Å². The molecule has 0 bridgehead atoms. The van der Waals surface area contributed by atoms with Crippen LogP contribution in [0.25, 0.3) is 0 Å². The molecule has 0 aliphatic rings. The van der Waals surface area contributed by atoms with Crippen molar-refractivity contribution in [1.82, 2.24) is 9.80 Å². The molecule has 0 radical (unpaired) electrons. The Hall–Kier alpha value is -1.82. The SMILES string of the molecule is Cc1ccc(CN(C)C(=O)CN(CC(=O)O)C(C)C)o1. The van der Waals surface area contributed by atoms with Gasteiger partial charge in [0.15, 0.2) is 0 Å². The molecule has 0 saturated carbocycles. The van der Waals surface area contributed by atoms with Gasteiger partial charge >= 0.3 is 5.97 Å². The Labute approximate surface area is 119 Å². The second kappa shape index (κ2) is 7.09. The molecular weight excluding hydrogens is 260 g/mol. The fourth-order valence-electron chi connectivity index (χ4n) is 1.78. The van der Waals surface area contributed by atoms with Crippen LogP contribution >= 0.6 is 0 Å². The summed E-state index contributed by atoms with van der Waals surface area (Å²) in [7, 11) is 1.68. The van der Waals surface area contributed by atoms with Gasteiger partial charge < -0.3 is 14.4 Å². The van der Waals surface area contributed by atoms with Crippen molar-refractivity contribution in [1.29, 1.82) is 0 Å². The molecule has 20 heavy (non-hydrogen) atoms. The third-order valence-electron chi connectivity index (χ3n) is 3.02. The summed E-state index contributed by atoms with van der Waals surface area (Å²) in [6, 6.07) is 3.67. The van der Waals surface area contributed by atoms with Crippen LogP contribution in [-0.2, 0) is 16.1 Å². The van der Waals surface area contributed by atoms with Crippen LogP contribution in [0.15, 0.2) is 16.5 Å². The van der Waals surface area contributed by atoms with E-state index >= 15 is 0 Å². The third-order valence-corrected chi connectivity index (χ3v) is 3.02. The topological polar surface area (TPSA) is 74.0 Å². The Morgan fingerprint density at radius 3 is 2.40 bits per heavy atom. The smallest absolute Gasteiger partial charge is 0.317 e. The van der Waals surface area contributed by atoms with Gasteiger partial charge in [0, 0.05) is 13.1 Å². The summed E-state index contributed by atoms with van der Waals surface area (Å²) in [5.74, 6) is 0.452. The predicted molar refractivity (Wildman–Crippen MR) is 74.3 cm³/mol. The summed E-state index contributed by atoms with van der Waals surface area (Å²) in [6.45, 7) is 5.90. The largest absolute Gasteiger partial charge is 0.480 e. The molecule has 112 valence electrons. The average Bonchev–Trinajstić information content (AvgIpc) is 2.72. The average molecular weight is 282 g/mol. The van der Waals surface area contributed by atoms with E-state index in [9.17, 15) is 9.59 Å². The second-order valence-corrected chi connectivity index (χ2v) is 5.15. The van der Waals surface area contributed by atoms with E-state index in [0.717, 1.165) is 5.76 Å². The van der Waals surface area contributed by atoms with Gasteiger partial charge in [0.05, 0.1) is 19.6 Å². The molecule has 0 fully saturated rings. The first kappa shape index (κ1) is 16.2. The van der Waals surface area contributed by atoms with Gasteiger partial charge in [-0.05, 0) is 32.9 Å². The molecule has 0 aliphatic heterocycles. The van der Waals surface area contributed by atoms with Crippen LogP contribution in [0.2, 0.25) is 0 Å². The molecule has 6 nitrogen and oxygen atoms in total. The Kier molecular flexibility index (Phi) is 5.76. The number of aliphatic carboxylic acids is 1. The molecule has 0 aromatic carbocycles. The number of amides is 1. The quantitative estimate of drug-likeness (QED) is 0.817. The molecule has 1 aromatic rings. The van der Waals surface area contributed by atoms with E-state index < -0.39 is 5.97 Å². The van der Waals surface area contributed by atoms with Gasteiger partial charge in [-0.1, -0.05) is 0 Å². The first-order valence-electron chi connectivity index (χ1n) is 6.54. The number of rotatable bonds is 7. The highest BCUT2D eigenvalue weighted by Gasteiger charge is 2.19. The van der Waals surface area contributed by atoms with Crippen molar-refractivity contribution in [2.24, 2.45) is 0 Å². The number of carboxylic acid groups (broad SMARTS) is 1. The number of nitrogens with zero attached hydrogens (tertiary/aromatic N) is 2. The lowest BCUT2D eigenvalue weighted by Crippen LogP contribution is -2.43. The summed E-state index contributed by atoms with van der Waals surface area (Å²) in [4.78, 5) is 26.0. The Morgan fingerprint density at radius 1 is 1.30 bits per heavy atom. The van der Waals surface area contributed by atoms with Crippen molar-refractivity contribution >= 4 is 11.9 Å². The van der Waals surface area contributed by atoms with E-state index in [1.54, 1.807) is 11.9 Å². The van der Waals surface area contributed by atoms with E-state index in [2.05, 4.69) is 0 Å². The highest BCUT2D eigenvalue weighted by molar-refractivity contribution is 5.79. The van der Waals surface area contributed by atoms with Crippen molar-refractivity contribution < 1.29 is 19.1 Å². The van der Waals surface area contributed by atoms with Gasteiger partial charge in [-0.3, -0.25) is 14.5 Å². The highest BCUT2D eigenvalue weighted by Crippen LogP contribution is 2.09. The maximum Gasteiger partial charge on any atom is 0.317 e. The van der Waals surface area contributed by atoms with Crippen molar-refractivity contribution in [3.63, 3.8) is 0 Å². The summed E-state index contributed by atoms with van der Waals surface area (Å²) in [6.07, 6.45) is 0. The zero-order valence-electron chi connectivity index (χ0n) is 12.4. The lowest BCUT2D eigenvalue weighted by atomic mass is 10.3. The lowest BCUT2D eigenvalue weighted by molar-refractivity contribution is -0.140. The van der Waals surface area contributed by atoms with Crippen LogP contribution in [0.5, 0.6) is 0 Å². The van der Waals surface area contributed by atoms with Crippen LogP contribution in [-0.4, -0.2) is 53.0 Å². The van der Waals surface area contributed by atoms with Crippen LogP contribution in [0.4, 0.5) is 0 Å². The fourth-order valence-corrected chi connectivity index (χ4v) is 1.78. The zero-order chi connectivity index (χ0) is 15.3. The first-order valence-corrected chi connectivity index (χ1v) is 6.54. The van der Waals surface area contributed by atoms with E-state index in [-0.39, 0.29) is 25.0 Å². The zero-order valence-corrected chi connectivity index (χ0v) is 12.4. The van der Waals surface area contributed by atoms with Gasteiger partial charge in [0.2, 0.25) is 5.91 Å². The minimum atomic E-state index is -0.934. The molecule has 1 rings (SSSR count). The number of furan rings is 1. The molecule has 1 heterocycles. The number of carbonyl (C=O) groups excluding carboxylic acids is 1. The number of carbonyl (C=O) groups is 2. The van der Waals surface area contributed by atoms with Crippen molar-refractivity contribution in [3.8, 4) is 0 Å². The fraction of sp³-hybridized carbons (Fsp3) is 0.571. The molecule has 0 saturated heterocycles. The monoisotopic (exact) mass is 282 g/mol. The van der Waals surface area contributed by atoms with Gasteiger partial charge in [-0.2, -0.15) is 0 Å². The molecule has 1 aromatic heterocycles. The Morgan fingerprint density at radius 2 is 1.95 bits per heavy atom. The van der Waals surface area contributed by atoms with Crippen LogP contribution < -0.4 is 0 Å². The molecular formula is C14H22N2O4. The number of hydrogen-bond donors (Lipinski definition) is 1. The molecule has 0 atom stereocenters. The van der Waals surface area contributed by atoms with E-state index in [4.69, 9.17) is 9.52 Å². The number of likely N-dealkylation sites (N-methyl/N-ethyl adjacent to an activating group) is 1. The molecule has 6 heteroatoms. The molecule has 1 amide bonds. The summed E-state index contributed by atoms with van der Waals surface area (Å²) in [5, 5.41) is 8.84. The first-order chi connectivity index (χ1) is 9.29. The maximum absolute atomic E-state index is 12.1. The van der Waals surface area contributed by atoms with Crippen molar-refractivity contribution in [3.05, 3.63) is 23.7 Å². The summed E-state index contributed by atoms with van der Waals surface area (Å²) in [5.41, 5.74) is 0. The van der Waals surface area contributed by atoms with Crippen LogP contribution in [0.3, 0.4) is 0 Å². The Bertz CT molecular complexity index is 467.